The summed E-state index contributed by atoms with van der Waals surface area (Å²) in [6.45, 7) is 5.17. The van der Waals surface area contributed by atoms with Gasteiger partial charge in [0, 0.05) is 50.4 Å². The molecule has 3 aliphatic rings. The number of ether oxygens (including phenoxy) is 1. The van der Waals surface area contributed by atoms with Gasteiger partial charge in [-0.25, -0.2) is 14.3 Å². The molecule has 11 heteroatoms. The van der Waals surface area contributed by atoms with Crippen molar-refractivity contribution in [2.24, 2.45) is 13.0 Å². The van der Waals surface area contributed by atoms with Crippen LogP contribution in [0.25, 0.3) is 16.9 Å². The molecule has 2 bridgehead atoms. The molecule has 0 aromatic carbocycles. The molecular weight excluding hydrogens is 458 g/mol. The lowest BCUT2D eigenvalue weighted by Crippen LogP contribution is -2.54. The van der Waals surface area contributed by atoms with E-state index in [0.717, 1.165) is 18.7 Å². The van der Waals surface area contributed by atoms with Gasteiger partial charge in [-0.05, 0) is 26.0 Å². The molecule has 186 valence electrons. The molecule has 3 atom stereocenters. The smallest absolute Gasteiger partial charge is 0.278 e. The van der Waals surface area contributed by atoms with E-state index in [2.05, 4.69) is 38.9 Å². The highest BCUT2D eigenvalue weighted by molar-refractivity contribution is 5.77. The van der Waals surface area contributed by atoms with E-state index in [1.165, 1.54) is 19.0 Å². The van der Waals surface area contributed by atoms with Crippen LogP contribution >= 0.6 is 0 Å². The number of fused-ring (bicyclic) bond motifs is 4. The fraction of sp³-hybridized carbons (Fsp3) is 0.400. The lowest BCUT2D eigenvalue weighted by molar-refractivity contribution is -0.0265. The second-order valence-corrected chi connectivity index (χ2v) is 9.60. The molecule has 1 N–H and O–H groups in total. The molecule has 11 nitrogen and oxygen atoms in total. The second-order valence-electron chi connectivity index (χ2n) is 9.60. The zero-order chi connectivity index (χ0) is 24.8. The Morgan fingerprint density at radius 2 is 2.11 bits per heavy atom. The Morgan fingerprint density at radius 3 is 2.83 bits per heavy atom. The summed E-state index contributed by atoms with van der Waals surface area (Å²) in [7, 11) is 4.03. The molecule has 7 rings (SSSR count). The molecule has 3 fully saturated rings. The monoisotopic (exact) mass is 487 g/mol. The Morgan fingerprint density at radius 1 is 1.22 bits per heavy atom. The number of nitrogens with one attached hydrogen (secondary N) is 1. The Hall–Kier alpha value is -3.99. The number of aryl methyl sites for hydroxylation is 1. The minimum Gasteiger partial charge on any atom is -0.474 e. The number of rotatable bonds is 7. The number of pyridine rings is 1. The zero-order valence-corrected chi connectivity index (χ0v) is 20.4. The van der Waals surface area contributed by atoms with E-state index in [1.54, 1.807) is 26.3 Å². The van der Waals surface area contributed by atoms with Crippen LogP contribution in [-0.4, -0.2) is 64.7 Å². The van der Waals surface area contributed by atoms with Gasteiger partial charge < -0.3 is 15.0 Å². The maximum absolute atomic E-state index is 13.2. The molecule has 4 aromatic rings. The molecule has 36 heavy (non-hydrogen) atoms. The van der Waals surface area contributed by atoms with Gasteiger partial charge in [-0.1, -0.05) is 12.1 Å². The molecule has 1 saturated carbocycles. The van der Waals surface area contributed by atoms with Crippen molar-refractivity contribution >= 4 is 22.7 Å². The van der Waals surface area contributed by atoms with Gasteiger partial charge in [0.15, 0.2) is 11.5 Å². The quantitative estimate of drug-likeness (QED) is 0.396. The standard InChI is InChI=1S/C25H29N9O2/c1-4-10-33-24(35)19-13-26-25(28-17-12-27-32(3)15-17)30-23(19)34(33)21-6-5-7-22(29-21)36-20-11-18-9-8-16(20)14-31(18)2/h4-7,12-13,15-16,18,20H,1,8-11,14H2,2-3H3,(H,26,28,30)/t16-,18-,20-/m0/s1. The summed E-state index contributed by atoms with van der Waals surface area (Å²) in [5.41, 5.74) is 0.988. The van der Waals surface area contributed by atoms with Gasteiger partial charge in [0.1, 0.15) is 11.5 Å². The highest BCUT2D eigenvalue weighted by Crippen LogP contribution is 2.36. The van der Waals surface area contributed by atoms with E-state index in [0.29, 0.717) is 47.2 Å². The SMILES string of the molecule is C=CCn1c(=O)c2cnc(Nc3cnn(C)c3)nc2n1-c1cccc(O[C@H]2C[C@@H]3CC[C@H]2CN3C)n1. The minimum atomic E-state index is -0.210. The maximum Gasteiger partial charge on any atom is 0.278 e. The van der Waals surface area contributed by atoms with Crippen molar-refractivity contribution in [1.82, 2.24) is 39.0 Å². The van der Waals surface area contributed by atoms with Crippen LogP contribution in [0.15, 0.2) is 54.2 Å². The number of allylic oxidation sites excluding steroid dienone is 1. The minimum absolute atomic E-state index is 0.150. The molecular formula is C25H29N9O2. The van der Waals surface area contributed by atoms with E-state index in [4.69, 9.17) is 9.72 Å². The van der Waals surface area contributed by atoms with E-state index >= 15 is 0 Å². The maximum atomic E-state index is 13.2. The average molecular weight is 488 g/mol. The highest BCUT2D eigenvalue weighted by Gasteiger charge is 2.40. The third kappa shape index (κ3) is 3.95. The molecule has 0 amide bonds. The summed E-state index contributed by atoms with van der Waals surface area (Å²) < 4.78 is 11.4. The Bertz CT molecular complexity index is 1490. The first-order valence-corrected chi connectivity index (χ1v) is 12.2. The first-order chi connectivity index (χ1) is 17.5. The van der Waals surface area contributed by atoms with Crippen molar-refractivity contribution in [3.05, 3.63) is 59.8 Å². The number of hydrogen-bond acceptors (Lipinski definition) is 8. The van der Waals surface area contributed by atoms with E-state index in [-0.39, 0.29) is 11.7 Å². The Kier molecular flexibility index (Phi) is 5.56. The summed E-state index contributed by atoms with van der Waals surface area (Å²) >= 11 is 0. The Labute approximate surface area is 208 Å². The van der Waals surface area contributed by atoms with Gasteiger partial charge in [-0.15, -0.1) is 6.58 Å². The number of anilines is 2. The summed E-state index contributed by atoms with van der Waals surface area (Å²) in [4.78, 5) is 29.5. The van der Waals surface area contributed by atoms with Crippen molar-refractivity contribution < 1.29 is 4.74 Å². The van der Waals surface area contributed by atoms with Crippen LogP contribution in [0.3, 0.4) is 0 Å². The fourth-order valence-electron chi connectivity index (χ4n) is 5.41. The zero-order valence-electron chi connectivity index (χ0n) is 20.4. The Balaban J connectivity index is 1.38. The average Bonchev–Trinajstić information content (AvgIpc) is 3.40. The van der Waals surface area contributed by atoms with Crippen molar-refractivity contribution in [3.8, 4) is 11.7 Å². The highest BCUT2D eigenvalue weighted by atomic mass is 16.5. The van der Waals surface area contributed by atoms with Crippen molar-refractivity contribution in [2.75, 3.05) is 18.9 Å². The second kappa shape index (κ2) is 8.90. The van der Waals surface area contributed by atoms with Gasteiger partial charge in [-0.3, -0.25) is 9.48 Å². The van der Waals surface area contributed by atoms with Crippen LogP contribution < -0.4 is 15.6 Å². The molecule has 1 aliphatic carbocycles. The normalized spacial score (nSPS) is 21.7. The molecule has 2 aliphatic heterocycles. The van der Waals surface area contributed by atoms with Gasteiger partial charge in [-0.2, -0.15) is 15.1 Å². The lowest BCUT2D eigenvalue weighted by Gasteiger charge is -2.47. The molecule has 6 heterocycles. The van der Waals surface area contributed by atoms with Crippen LogP contribution in [0.4, 0.5) is 11.6 Å². The van der Waals surface area contributed by atoms with Crippen molar-refractivity contribution in [3.63, 3.8) is 0 Å². The topological polar surface area (TPSA) is 108 Å². The van der Waals surface area contributed by atoms with Gasteiger partial charge >= 0.3 is 0 Å². The first-order valence-electron chi connectivity index (χ1n) is 12.2. The van der Waals surface area contributed by atoms with E-state index in [1.807, 2.05) is 31.4 Å². The molecule has 0 spiro atoms. The van der Waals surface area contributed by atoms with Gasteiger partial charge in [0.25, 0.3) is 5.56 Å². The number of nitrogens with zero attached hydrogens (tertiary/aromatic N) is 8. The van der Waals surface area contributed by atoms with Crippen molar-refractivity contribution in [1.29, 1.82) is 0 Å². The fourth-order valence-corrected chi connectivity index (χ4v) is 5.41. The largest absolute Gasteiger partial charge is 0.474 e. The number of aromatic nitrogens is 7. The summed E-state index contributed by atoms with van der Waals surface area (Å²) in [5, 5.41) is 7.70. The van der Waals surface area contributed by atoms with Crippen LogP contribution in [0.2, 0.25) is 0 Å². The summed E-state index contributed by atoms with van der Waals surface area (Å²) in [6.07, 6.45) is 10.3. The van der Waals surface area contributed by atoms with Crippen LogP contribution in [0.1, 0.15) is 19.3 Å². The van der Waals surface area contributed by atoms with E-state index < -0.39 is 0 Å². The van der Waals surface area contributed by atoms with Crippen LogP contribution in [0, 0.1) is 5.92 Å². The summed E-state index contributed by atoms with van der Waals surface area (Å²) in [5.74, 6) is 1.96. The van der Waals surface area contributed by atoms with Crippen LogP contribution in [-0.2, 0) is 13.6 Å². The molecule has 0 unspecified atom stereocenters. The van der Waals surface area contributed by atoms with Crippen molar-refractivity contribution in [2.45, 2.75) is 38.0 Å². The van der Waals surface area contributed by atoms with Gasteiger partial charge in [0.05, 0.1) is 18.4 Å². The number of hydrogen-bond donors (Lipinski definition) is 1. The predicted octanol–water partition coefficient (Wildman–Crippen LogP) is 2.50. The van der Waals surface area contributed by atoms with E-state index in [9.17, 15) is 4.79 Å². The van der Waals surface area contributed by atoms with Gasteiger partial charge in [0.2, 0.25) is 11.8 Å². The third-order valence-electron chi connectivity index (χ3n) is 7.18. The predicted molar refractivity (Wildman–Crippen MR) is 136 cm³/mol. The molecule has 2 saturated heterocycles. The lowest BCUT2D eigenvalue weighted by atomic mass is 9.78. The molecule has 0 radical (unpaired) electrons. The summed E-state index contributed by atoms with van der Waals surface area (Å²) in [6, 6.07) is 6.19. The first kappa shape index (κ1) is 22.5. The van der Waals surface area contributed by atoms with Crippen LogP contribution in [0.5, 0.6) is 5.88 Å². The third-order valence-corrected chi connectivity index (χ3v) is 7.18. The molecule has 4 aromatic heterocycles. The number of piperidine rings is 2.